The zero-order valence-electron chi connectivity index (χ0n) is 14.6. The molecular weight excluding hydrogens is 374 g/mol. The fourth-order valence-corrected chi connectivity index (χ4v) is 4.08. The maximum absolute atomic E-state index is 12.1. The van der Waals surface area contributed by atoms with Crippen LogP contribution in [0.1, 0.15) is 9.67 Å². The summed E-state index contributed by atoms with van der Waals surface area (Å²) in [5, 5.41) is 7.79. The lowest BCUT2D eigenvalue weighted by atomic mass is 10.1. The first-order valence-corrected chi connectivity index (χ1v) is 10.2. The number of thiazole rings is 1. The number of aromatic nitrogens is 1. The van der Waals surface area contributed by atoms with Crippen molar-refractivity contribution in [3.63, 3.8) is 0 Å². The molecule has 0 radical (unpaired) electrons. The van der Waals surface area contributed by atoms with E-state index in [1.807, 2.05) is 72.4 Å². The lowest BCUT2D eigenvalue weighted by molar-refractivity contribution is 0.103. The summed E-state index contributed by atoms with van der Waals surface area (Å²) in [4.78, 5) is 19.6. The molecule has 0 fully saturated rings. The molecule has 0 aliphatic heterocycles. The SMILES string of the molecule is CN(c1ccccc1)c1nc(-c2ccc(NC(=O)c3cccs3)cc2)cs1. The van der Waals surface area contributed by atoms with E-state index in [1.54, 1.807) is 11.3 Å². The summed E-state index contributed by atoms with van der Waals surface area (Å²) in [7, 11) is 2.02. The van der Waals surface area contributed by atoms with E-state index in [4.69, 9.17) is 4.98 Å². The average Bonchev–Trinajstić information content (AvgIpc) is 3.41. The number of carbonyl (C=O) groups is 1. The molecule has 1 N–H and O–H groups in total. The largest absolute Gasteiger partial charge is 0.321 e. The lowest BCUT2D eigenvalue weighted by Crippen LogP contribution is -2.09. The van der Waals surface area contributed by atoms with E-state index in [0.717, 1.165) is 27.8 Å². The smallest absolute Gasteiger partial charge is 0.265 e. The Labute approximate surface area is 165 Å². The molecule has 0 aliphatic rings. The molecule has 0 bridgehead atoms. The summed E-state index contributed by atoms with van der Waals surface area (Å²) in [6, 6.07) is 21.6. The Bertz CT molecular complexity index is 1030. The molecule has 2 aromatic carbocycles. The van der Waals surface area contributed by atoms with Gasteiger partial charge in [0.05, 0.1) is 10.6 Å². The van der Waals surface area contributed by atoms with E-state index >= 15 is 0 Å². The van der Waals surface area contributed by atoms with Gasteiger partial charge in [0.25, 0.3) is 5.91 Å². The quantitative estimate of drug-likeness (QED) is 0.461. The van der Waals surface area contributed by atoms with Crippen molar-refractivity contribution in [1.82, 2.24) is 4.98 Å². The fourth-order valence-electron chi connectivity index (χ4n) is 2.64. The van der Waals surface area contributed by atoms with Crippen LogP contribution in [-0.2, 0) is 0 Å². The highest BCUT2D eigenvalue weighted by molar-refractivity contribution is 7.14. The van der Waals surface area contributed by atoms with Gasteiger partial charge in [0, 0.05) is 29.4 Å². The molecule has 2 aromatic heterocycles. The summed E-state index contributed by atoms with van der Waals surface area (Å²) < 4.78 is 0. The second-order valence-electron chi connectivity index (χ2n) is 5.92. The Hall–Kier alpha value is -2.96. The van der Waals surface area contributed by atoms with E-state index in [0.29, 0.717) is 4.88 Å². The number of carbonyl (C=O) groups excluding carboxylic acids is 1. The van der Waals surface area contributed by atoms with Gasteiger partial charge in [-0.25, -0.2) is 4.98 Å². The van der Waals surface area contributed by atoms with Crippen molar-refractivity contribution in [2.24, 2.45) is 0 Å². The molecule has 0 saturated heterocycles. The van der Waals surface area contributed by atoms with Crippen LogP contribution in [0.5, 0.6) is 0 Å². The molecule has 134 valence electrons. The summed E-state index contributed by atoms with van der Waals surface area (Å²) in [5.41, 5.74) is 3.82. The number of hydrogen-bond acceptors (Lipinski definition) is 5. The van der Waals surface area contributed by atoms with Gasteiger partial charge in [-0.05, 0) is 35.7 Å². The number of hydrogen-bond donors (Lipinski definition) is 1. The van der Waals surface area contributed by atoms with Gasteiger partial charge in [0.2, 0.25) is 0 Å². The van der Waals surface area contributed by atoms with Crippen molar-refractivity contribution < 1.29 is 4.79 Å². The first-order valence-electron chi connectivity index (χ1n) is 8.40. The number of benzene rings is 2. The molecule has 0 spiro atoms. The molecular formula is C21H17N3OS2. The first-order chi connectivity index (χ1) is 13.2. The van der Waals surface area contributed by atoms with Crippen molar-refractivity contribution in [2.75, 3.05) is 17.3 Å². The van der Waals surface area contributed by atoms with Crippen LogP contribution in [0.25, 0.3) is 11.3 Å². The molecule has 4 nitrogen and oxygen atoms in total. The number of rotatable bonds is 5. The number of amides is 1. The van der Waals surface area contributed by atoms with Crippen LogP contribution in [0.2, 0.25) is 0 Å². The Kier molecular flexibility index (Phi) is 5.00. The van der Waals surface area contributed by atoms with Gasteiger partial charge in [-0.15, -0.1) is 22.7 Å². The van der Waals surface area contributed by atoms with E-state index in [-0.39, 0.29) is 5.91 Å². The van der Waals surface area contributed by atoms with E-state index in [1.165, 1.54) is 11.3 Å². The standard InChI is InChI=1S/C21H17N3OS2/c1-24(17-6-3-2-4-7-17)21-23-18(14-27-21)15-9-11-16(12-10-15)22-20(25)19-8-5-13-26-19/h2-14H,1H3,(H,22,25). The van der Waals surface area contributed by atoms with Crippen LogP contribution >= 0.6 is 22.7 Å². The third-order valence-corrected chi connectivity index (χ3v) is 5.89. The van der Waals surface area contributed by atoms with E-state index in [9.17, 15) is 4.79 Å². The maximum atomic E-state index is 12.1. The number of para-hydroxylation sites is 1. The monoisotopic (exact) mass is 391 g/mol. The van der Waals surface area contributed by atoms with Crippen LogP contribution in [0, 0.1) is 0 Å². The maximum Gasteiger partial charge on any atom is 0.265 e. The molecule has 6 heteroatoms. The predicted molar refractivity (Wildman–Crippen MR) is 114 cm³/mol. The Morgan fingerprint density at radius 1 is 0.963 bits per heavy atom. The van der Waals surface area contributed by atoms with Gasteiger partial charge in [-0.3, -0.25) is 4.79 Å². The van der Waals surface area contributed by atoms with Gasteiger partial charge < -0.3 is 10.2 Å². The molecule has 1 amide bonds. The lowest BCUT2D eigenvalue weighted by Gasteiger charge is -2.15. The van der Waals surface area contributed by atoms with Gasteiger partial charge in [-0.1, -0.05) is 36.4 Å². The van der Waals surface area contributed by atoms with Gasteiger partial charge in [-0.2, -0.15) is 0 Å². The number of anilines is 3. The molecule has 0 atom stereocenters. The Morgan fingerprint density at radius 2 is 1.74 bits per heavy atom. The minimum absolute atomic E-state index is 0.0850. The van der Waals surface area contributed by atoms with Gasteiger partial charge in [0.15, 0.2) is 5.13 Å². The van der Waals surface area contributed by atoms with Crippen LogP contribution in [0.15, 0.2) is 77.5 Å². The van der Waals surface area contributed by atoms with E-state index in [2.05, 4.69) is 22.3 Å². The molecule has 2 heterocycles. The number of thiophene rings is 1. The van der Waals surface area contributed by atoms with Crippen LogP contribution in [0.4, 0.5) is 16.5 Å². The number of nitrogens with one attached hydrogen (secondary N) is 1. The minimum Gasteiger partial charge on any atom is -0.321 e. The van der Waals surface area contributed by atoms with Crippen LogP contribution in [0.3, 0.4) is 0 Å². The molecule has 27 heavy (non-hydrogen) atoms. The Balaban J connectivity index is 1.48. The molecule has 0 saturated carbocycles. The highest BCUT2D eigenvalue weighted by atomic mass is 32.1. The highest BCUT2D eigenvalue weighted by Gasteiger charge is 2.11. The molecule has 4 aromatic rings. The number of nitrogens with zero attached hydrogens (tertiary/aromatic N) is 2. The topological polar surface area (TPSA) is 45.2 Å². The first kappa shape index (κ1) is 17.5. The fraction of sp³-hybridized carbons (Fsp3) is 0.0476. The van der Waals surface area contributed by atoms with Crippen molar-refractivity contribution in [3.8, 4) is 11.3 Å². The third kappa shape index (κ3) is 3.92. The van der Waals surface area contributed by atoms with Gasteiger partial charge in [0.1, 0.15) is 0 Å². The second-order valence-corrected chi connectivity index (χ2v) is 7.70. The molecule has 0 unspecified atom stereocenters. The summed E-state index contributed by atoms with van der Waals surface area (Å²) in [6.07, 6.45) is 0. The van der Waals surface area contributed by atoms with Crippen molar-refractivity contribution >= 4 is 45.1 Å². The highest BCUT2D eigenvalue weighted by Crippen LogP contribution is 2.31. The summed E-state index contributed by atoms with van der Waals surface area (Å²) >= 11 is 3.04. The zero-order chi connectivity index (χ0) is 18.6. The normalized spacial score (nSPS) is 10.6. The van der Waals surface area contributed by atoms with Crippen molar-refractivity contribution in [1.29, 1.82) is 0 Å². The minimum atomic E-state index is -0.0850. The molecule has 0 aliphatic carbocycles. The zero-order valence-corrected chi connectivity index (χ0v) is 16.3. The van der Waals surface area contributed by atoms with E-state index < -0.39 is 0 Å². The Morgan fingerprint density at radius 3 is 2.44 bits per heavy atom. The third-order valence-electron chi connectivity index (χ3n) is 4.11. The average molecular weight is 392 g/mol. The van der Waals surface area contributed by atoms with Crippen molar-refractivity contribution in [3.05, 3.63) is 82.4 Å². The second kappa shape index (κ2) is 7.73. The van der Waals surface area contributed by atoms with Crippen LogP contribution in [-0.4, -0.2) is 17.9 Å². The predicted octanol–water partition coefficient (Wildman–Crippen LogP) is 5.89. The summed E-state index contributed by atoms with van der Waals surface area (Å²) in [5.74, 6) is -0.0850. The summed E-state index contributed by atoms with van der Waals surface area (Å²) in [6.45, 7) is 0. The van der Waals surface area contributed by atoms with Gasteiger partial charge >= 0.3 is 0 Å². The van der Waals surface area contributed by atoms with Crippen LogP contribution < -0.4 is 10.2 Å². The molecule has 4 rings (SSSR count). The van der Waals surface area contributed by atoms with Crippen molar-refractivity contribution in [2.45, 2.75) is 0 Å².